The zero-order chi connectivity index (χ0) is 30.3. The second-order valence-electron chi connectivity index (χ2n) is 10.0. The second kappa shape index (κ2) is 11.2. The van der Waals surface area contributed by atoms with E-state index in [0.717, 1.165) is 32.6 Å². The Hall–Kier alpha value is -5.06. The van der Waals surface area contributed by atoms with Crippen LogP contribution in [0.1, 0.15) is 27.0 Å². The van der Waals surface area contributed by atoms with E-state index in [0.29, 0.717) is 11.3 Å². The Kier molecular flexibility index (Phi) is 7.07. The van der Waals surface area contributed by atoms with E-state index in [1.165, 1.54) is 23.9 Å². The van der Waals surface area contributed by atoms with Gasteiger partial charge in [-0.3, -0.25) is 14.9 Å². The maximum atomic E-state index is 13.9. The second-order valence-corrected chi connectivity index (χ2v) is 12.1. The molecule has 0 radical (unpaired) electrons. The van der Waals surface area contributed by atoms with Crippen LogP contribution < -0.4 is 10.0 Å². The van der Waals surface area contributed by atoms with Gasteiger partial charge < -0.3 is 0 Å². The minimum Gasteiger partial charge on any atom is -0.286 e. The van der Waals surface area contributed by atoms with Crippen LogP contribution in [0.15, 0.2) is 148 Å². The highest BCUT2D eigenvalue weighted by Crippen LogP contribution is 2.55. The molecule has 0 bridgehead atoms. The third kappa shape index (κ3) is 4.68. The molecule has 2 heterocycles. The number of halogens is 1. The molecule has 2 aliphatic rings. The molecule has 10 heteroatoms. The molecule has 5 aromatic carbocycles. The van der Waals surface area contributed by atoms with Crippen molar-refractivity contribution < 1.29 is 9.72 Å². The fourth-order valence-electron chi connectivity index (χ4n) is 5.34. The molecule has 1 atom stereocenters. The number of hydrazone groups is 2. The number of fused-ring (bicyclic) bond motifs is 2. The van der Waals surface area contributed by atoms with Crippen LogP contribution in [0.2, 0.25) is 0 Å². The molecule has 214 valence electrons. The molecule has 0 saturated heterocycles. The molecule has 0 unspecified atom stereocenters. The van der Waals surface area contributed by atoms with Crippen molar-refractivity contribution in [1.29, 1.82) is 0 Å². The lowest BCUT2D eigenvalue weighted by Gasteiger charge is -2.47. The van der Waals surface area contributed by atoms with Crippen molar-refractivity contribution >= 4 is 61.3 Å². The van der Waals surface area contributed by atoms with Crippen molar-refractivity contribution in [3.05, 3.63) is 170 Å². The Labute approximate surface area is 265 Å². The summed E-state index contributed by atoms with van der Waals surface area (Å²) in [5, 5.41) is 25.7. The van der Waals surface area contributed by atoms with Gasteiger partial charge >= 0.3 is 0 Å². The smallest absolute Gasteiger partial charge is 0.269 e. The Morgan fingerprint density at radius 1 is 0.727 bits per heavy atom. The van der Waals surface area contributed by atoms with Crippen LogP contribution in [0.5, 0.6) is 0 Å². The monoisotopic (exact) mass is 659 g/mol. The van der Waals surface area contributed by atoms with Gasteiger partial charge in [-0.05, 0) is 48.2 Å². The van der Waals surface area contributed by atoms with Crippen LogP contribution in [0.25, 0.3) is 0 Å². The predicted octanol–water partition coefficient (Wildman–Crippen LogP) is 8.19. The molecule has 0 aliphatic carbocycles. The zero-order valence-electron chi connectivity index (χ0n) is 22.9. The van der Waals surface area contributed by atoms with E-state index in [1.807, 2.05) is 102 Å². The van der Waals surface area contributed by atoms with Crippen molar-refractivity contribution in [2.24, 2.45) is 10.2 Å². The van der Waals surface area contributed by atoms with Gasteiger partial charge in [0.2, 0.25) is 10.8 Å². The third-order valence-electron chi connectivity index (χ3n) is 7.39. The predicted molar refractivity (Wildman–Crippen MR) is 178 cm³/mol. The maximum Gasteiger partial charge on any atom is 0.269 e. The Morgan fingerprint density at radius 2 is 1.32 bits per heavy atom. The van der Waals surface area contributed by atoms with Gasteiger partial charge in [0.25, 0.3) is 5.69 Å². The molecule has 44 heavy (non-hydrogen) atoms. The van der Waals surface area contributed by atoms with Crippen LogP contribution >= 0.6 is 27.7 Å². The number of hydrogen-bond donors (Lipinski definition) is 0. The highest BCUT2D eigenvalue weighted by atomic mass is 79.9. The highest BCUT2D eigenvalue weighted by Gasteiger charge is 2.56. The summed E-state index contributed by atoms with van der Waals surface area (Å²) in [6.07, 6.45) is 0. The minimum absolute atomic E-state index is 0.0429. The van der Waals surface area contributed by atoms with E-state index in [2.05, 4.69) is 15.9 Å². The average molecular weight is 661 g/mol. The van der Waals surface area contributed by atoms with E-state index in [-0.39, 0.29) is 16.5 Å². The van der Waals surface area contributed by atoms with Gasteiger partial charge in [-0.2, -0.15) is 10.2 Å². The number of nitro groups is 1. The Morgan fingerprint density at radius 3 is 2.00 bits per heavy atom. The van der Waals surface area contributed by atoms with E-state index in [9.17, 15) is 14.9 Å². The third-order valence-corrected chi connectivity index (χ3v) is 9.23. The molecule has 2 aliphatic heterocycles. The van der Waals surface area contributed by atoms with Gasteiger partial charge in [-0.25, -0.2) is 10.0 Å². The van der Waals surface area contributed by atoms with Gasteiger partial charge in [0.1, 0.15) is 0 Å². The molecular weight excluding hydrogens is 638 g/mol. The molecule has 8 nitrogen and oxygen atoms in total. The number of non-ortho nitro benzene ring substituents is 1. The van der Waals surface area contributed by atoms with Gasteiger partial charge in [0.05, 0.1) is 22.0 Å². The molecular formula is C34H22BrN5O3S. The summed E-state index contributed by atoms with van der Waals surface area (Å²) in [6.45, 7) is 0. The largest absolute Gasteiger partial charge is 0.286 e. The summed E-state index contributed by atoms with van der Waals surface area (Å²) in [4.78, 5) is 23.8. The van der Waals surface area contributed by atoms with Crippen molar-refractivity contribution in [2.45, 2.75) is 4.99 Å². The van der Waals surface area contributed by atoms with E-state index in [1.54, 1.807) is 29.3 Å². The van der Waals surface area contributed by atoms with Crippen molar-refractivity contribution in [2.75, 3.05) is 10.0 Å². The standard InChI is InChI=1S/C34H22BrN5O3S/c35-25-17-15-23(16-18-25)31-29-13-7-8-14-30(29)34(38(36-31)26-11-5-2-6-12-26)39(27-19-21-28(22-20-27)40(42)43)37-33(44-34)32(41)24-9-3-1-4-10-24/h1-22H/t34-/m0/s1. The summed E-state index contributed by atoms with van der Waals surface area (Å²) in [7, 11) is 0. The minimum atomic E-state index is -1.19. The SMILES string of the molecule is O=C(C1=NN(c2ccc([N+](=O)[O-])cc2)[C@]2(S1)c1ccccc1C(c1ccc(Br)cc1)=NN2c1ccccc1)c1ccccc1. The number of benzene rings is 5. The number of carbonyl (C=O) groups is 1. The van der Waals surface area contributed by atoms with E-state index >= 15 is 0 Å². The fraction of sp³-hybridized carbons (Fsp3) is 0.0294. The number of Topliss-reactive ketones (excluding diaryl/α,β-unsaturated/α-hetero) is 1. The molecule has 0 N–H and O–H groups in total. The lowest BCUT2D eigenvalue weighted by Crippen LogP contribution is -2.54. The average Bonchev–Trinajstić information content (AvgIpc) is 3.47. The number of carbonyl (C=O) groups excluding carboxylic acids is 1. The van der Waals surface area contributed by atoms with Gasteiger partial charge in [-0.1, -0.05) is 101 Å². The molecule has 0 aromatic heterocycles. The van der Waals surface area contributed by atoms with Crippen LogP contribution in [0.4, 0.5) is 17.1 Å². The van der Waals surface area contributed by atoms with Gasteiger partial charge in [0, 0.05) is 38.9 Å². The molecule has 0 fully saturated rings. The van der Waals surface area contributed by atoms with Crippen LogP contribution in [0.3, 0.4) is 0 Å². The normalized spacial score (nSPS) is 17.2. The first-order valence-corrected chi connectivity index (χ1v) is 15.3. The number of anilines is 2. The Balaban J connectivity index is 1.49. The number of nitro benzene ring substituents is 1. The van der Waals surface area contributed by atoms with Crippen LogP contribution in [-0.4, -0.2) is 21.5 Å². The quantitative estimate of drug-likeness (QED) is 0.104. The summed E-state index contributed by atoms with van der Waals surface area (Å²) in [6, 6.07) is 40.9. The molecule has 7 rings (SSSR count). The number of ketones is 1. The maximum absolute atomic E-state index is 13.9. The van der Waals surface area contributed by atoms with E-state index in [4.69, 9.17) is 10.2 Å². The number of thioether (sulfide) groups is 1. The van der Waals surface area contributed by atoms with Crippen molar-refractivity contribution in [3.63, 3.8) is 0 Å². The van der Waals surface area contributed by atoms with Crippen LogP contribution in [0, 0.1) is 10.1 Å². The number of rotatable bonds is 6. The summed E-state index contributed by atoms with van der Waals surface area (Å²) < 4.78 is 0.954. The van der Waals surface area contributed by atoms with Gasteiger partial charge in [0.15, 0.2) is 5.04 Å². The van der Waals surface area contributed by atoms with Crippen molar-refractivity contribution in [1.82, 2.24) is 0 Å². The first-order chi connectivity index (χ1) is 21.5. The highest BCUT2D eigenvalue weighted by molar-refractivity contribution is 9.10. The number of nitrogens with zero attached hydrogens (tertiary/aromatic N) is 5. The summed E-state index contributed by atoms with van der Waals surface area (Å²) in [5.41, 5.74) is 5.23. The fourth-order valence-corrected chi connectivity index (χ4v) is 6.96. The number of para-hydroxylation sites is 1. The van der Waals surface area contributed by atoms with Crippen molar-refractivity contribution in [3.8, 4) is 0 Å². The topological polar surface area (TPSA) is 91.4 Å². The Bertz CT molecular complexity index is 1950. The molecule has 1 spiro atoms. The lowest BCUT2D eigenvalue weighted by atomic mass is 9.93. The number of hydrogen-bond acceptors (Lipinski definition) is 8. The van der Waals surface area contributed by atoms with E-state index < -0.39 is 9.92 Å². The summed E-state index contributed by atoms with van der Waals surface area (Å²) >= 11 is 4.84. The lowest BCUT2D eigenvalue weighted by molar-refractivity contribution is -0.384. The molecule has 5 aromatic rings. The van der Waals surface area contributed by atoms with Crippen LogP contribution in [-0.2, 0) is 4.99 Å². The zero-order valence-corrected chi connectivity index (χ0v) is 25.4. The summed E-state index contributed by atoms with van der Waals surface area (Å²) in [5.74, 6) is -0.229. The first-order valence-electron chi connectivity index (χ1n) is 13.7. The molecule has 0 amide bonds. The van der Waals surface area contributed by atoms with Gasteiger partial charge in [-0.15, -0.1) is 0 Å². The molecule has 0 saturated carbocycles. The first kappa shape index (κ1) is 27.8.